The van der Waals surface area contributed by atoms with Gasteiger partial charge in [0.25, 0.3) is 0 Å². The van der Waals surface area contributed by atoms with Crippen LogP contribution in [-0.4, -0.2) is 18.1 Å². The van der Waals surface area contributed by atoms with Gasteiger partial charge in [-0.1, -0.05) is 18.2 Å². The molecule has 1 aromatic carbocycles. The third-order valence-electron chi connectivity index (χ3n) is 3.99. The van der Waals surface area contributed by atoms with Crippen molar-refractivity contribution in [1.29, 1.82) is 0 Å². The number of carbonyl (C=O) groups excluding carboxylic acids is 1. The Hall–Kier alpha value is -3.46. The minimum absolute atomic E-state index is 0.0264. The Morgan fingerprint density at radius 2 is 1.87 bits per heavy atom. The molecule has 0 radical (unpaired) electrons. The van der Waals surface area contributed by atoms with Gasteiger partial charge < -0.3 is 18.6 Å². The van der Waals surface area contributed by atoms with Gasteiger partial charge in [-0.05, 0) is 42.5 Å². The van der Waals surface area contributed by atoms with Gasteiger partial charge in [-0.2, -0.15) is 13.2 Å². The van der Waals surface area contributed by atoms with Crippen molar-refractivity contribution in [3.63, 3.8) is 0 Å². The number of rotatable bonds is 7. The molecule has 0 N–H and O–H groups in total. The molecule has 3 aromatic rings. The fourth-order valence-corrected chi connectivity index (χ4v) is 2.67. The number of ether oxygens (including phenoxy) is 3. The lowest BCUT2D eigenvalue weighted by Crippen LogP contribution is -2.17. The highest BCUT2D eigenvalue weighted by Gasteiger charge is 2.32. The summed E-state index contributed by atoms with van der Waals surface area (Å²) in [5.41, 5.74) is -0.957. The van der Waals surface area contributed by atoms with E-state index >= 15 is 0 Å². The Morgan fingerprint density at radius 3 is 2.42 bits per heavy atom. The molecule has 0 aliphatic rings. The minimum Gasteiger partial charge on any atom is -0.477 e. The van der Waals surface area contributed by atoms with Crippen LogP contribution in [0, 0.1) is 0 Å². The standard InChI is InChI=1S/C21H15ClF3NO5/c1-12(20(27)28-2)18(17-4-3-9-29-17)30-14-5-7-15(8-6-14)31-19-16(22)10-13(11-26-19)21(23,24)25/h3-11,18H,1H2,2H3. The molecule has 31 heavy (non-hydrogen) atoms. The predicted molar refractivity (Wildman–Crippen MR) is 104 cm³/mol. The lowest BCUT2D eigenvalue weighted by molar-refractivity contribution is -0.138. The number of hydrogen-bond donors (Lipinski definition) is 0. The first kappa shape index (κ1) is 22.2. The second-order valence-corrected chi connectivity index (χ2v) is 6.52. The minimum atomic E-state index is -4.56. The summed E-state index contributed by atoms with van der Waals surface area (Å²) in [7, 11) is 1.22. The SMILES string of the molecule is C=C(C(=O)OC)C(Oc1ccc(Oc2ncc(C(F)(F)F)cc2Cl)cc1)c1ccco1. The number of benzene rings is 1. The van der Waals surface area contributed by atoms with Crippen LogP contribution in [0.15, 0.2) is 71.5 Å². The molecule has 0 saturated heterocycles. The Labute approximate surface area is 179 Å². The molecule has 2 aromatic heterocycles. The number of halogens is 4. The van der Waals surface area contributed by atoms with Gasteiger partial charge in [0.2, 0.25) is 5.88 Å². The molecule has 0 aliphatic heterocycles. The van der Waals surface area contributed by atoms with E-state index in [0.29, 0.717) is 17.7 Å². The Kier molecular flexibility index (Phi) is 6.55. The number of methoxy groups -OCH3 is 1. The Bertz CT molecular complexity index is 1070. The van der Waals surface area contributed by atoms with Crippen molar-refractivity contribution in [3.05, 3.63) is 83.4 Å². The highest BCUT2D eigenvalue weighted by molar-refractivity contribution is 6.31. The zero-order valence-corrected chi connectivity index (χ0v) is 16.7. The van der Waals surface area contributed by atoms with E-state index in [4.69, 9.17) is 25.5 Å². The van der Waals surface area contributed by atoms with Gasteiger partial charge in [0, 0.05) is 6.20 Å². The zero-order chi connectivity index (χ0) is 22.6. The van der Waals surface area contributed by atoms with E-state index in [1.807, 2.05) is 0 Å². The van der Waals surface area contributed by atoms with E-state index in [2.05, 4.69) is 16.3 Å². The summed E-state index contributed by atoms with van der Waals surface area (Å²) in [5, 5.41) is -0.289. The lowest BCUT2D eigenvalue weighted by Gasteiger charge is -2.18. The highest BCUT2D eigenvalue weighted by atomic mass is 35.5. The first-order valence-corrected chi connectivity index (χ1v) is 9.04. The van der Waals surface area contributed by atoms with Crippen molar-refractivity contribution in [3.8, 4) is 17.4 Å². The summed E-state index contributed by atoms with van der Waals surface area (Å²) < 4.78 is 59.4. The zero-order valence-electron chi connectivity index (χ0n) is 16.0. The van der Waals surface area contributed by atoms with E-state index in [-0.39, 0.29) is 22.2 Å². The molecule has 2 heterocycles. The van der Waals surface area contributed by atoms with Gasteiger partial charge >= 0.3 is 12.1 Å². The summed E-state index contributed by atoms with van der Waals surface area (Å²) >= 11 is 5.84. The molecule has 0 spiro atoms. The van der Waals surface area contributed by atoms with Crippen LogP contribution in [0.1, 0.15) is 17.4 Å². The van der Waals surface area contributed by atoms with E-state index < -0.39 is 23.8 Å². The molecule has 6 nitrogen and oxygen atoms in total. The summed E-state index contributed by atoms with van der Waals surface area (Å²) in [4.78, 5) is 15.5. The lowest BCUT2D eigenvalue weighted by atomic mass is 10.1. The van der Waals surface area contributed by atoms with Crippen LogP contribution in [-0.2, 0) is 15.7 Å². The van der Waals surface area contributed by atoms with Crippen LogP contribution < -0.4 is 9.47 Å². The number of esters is 1. The van der Waals surface area contributed by atoms with Crippen molar-refractivity contribution < 1.29 is 36.6 Å². The maximum Gasteiger partial charge on any atom is 0.417 e. The van der Waals surface area contributed by atoms with Crippen LogP contribution in [0.5, 0.6) is 17.4 Å². The molecule has 0 aliphatic carbocycles. The molecule has 162 valence electrons. The maximum atomic E-state index is 12.7. The Morgan fingerprint density at radius 1 is 1.19 bits per heavy atom. The fraction of sp³-hybridized carbons (Fsp3) is 0.143. The number of pyridine rings is 1. The number of aromatic nitrogens is 1. The number of furan rings is 1. The number of alkyl halides is 3. The highest BCUT2D eigenvalue weighted by Crippen LogP contribution is 2.35. The van der Waals surface area contributed by atoms with Gasteiger partial charge in [0.05, 0.1) is 24.5 Å². The second-order valence-electron chi connectivity index (χ2n) is 6.11. The van der Waals surface area contributed by atoms with Crippen LogP contribution in [0.4, 0.5) is 13.2 Å². The molecular weight excluding hydrogens is 439 g/mol. The largest absolute Gasteiger partial charge is 0.477 e. The first-order valence-electron chi connectivity index (χ1n) is 8.67. The predicted octanol–water partition coefficient (Wildman–Crippen LogP) is 5.99. The number of hydrogen-bond acceptors (Lipinski definition) is 6. The van der Waals surface area contributed by atoms with Crippen LogP contribution in [0.3, 0.4) is 0 Å². The second kappa shape index (κ2) is 9.13. The smallest absolute Gasteiger partial charge is 0.417 e. The van der Waals surface area contributed by atoms with Crippen LogP contribution in [0.2, 0.25) is 5.02 Å². The summed E-state index contributed by atoms with van der Waals surface area (Å²) in [6.45, 7) is 3.70. The average Bonchev–Trinajstić information content (AvgIpc) is 3.27. The van der Waals surface area contributed by atoms with Gasteiger partial charge in [-0.25, -0.2) is 9.78 Å². The molecule has 3 rings (SSSR count). The molecule has 0 bridgehead atoms. The average molecular weight is 454 g/mol. The van der Waals surface area contributed by atoms with Gasteiger partial charge in [-0.15, -0.1) is 0 Å². The number of nitrogens with zero attached hydrogens (tertiary/aromatic N) is 1. The van der Waals surface area contributed by atoms with E-state index in [9.17, 15) is 18.0 Å². The van der Waals surface area contributed by atoms with Crippen molar-refractivity contribution in [2.24, 2.45) is 0 Å². The third-order valence-corrected chi connectivity index (χ3v) is 4.26. The fourth-order valence-electron chi connectivity index (χ4n) is 2.47. The van der Waals surface area contributed by atoms with Gasteiger partial charge in [-0.3, -0.25) is 0 Å². The van der Waals surface area contributed by atoms with Crippen molar-refractivity contribution in [1.82, 2.24) is 4.98 Å². The summed E-state index contributed by atoms with van der Waals surface area (Å²) in [6.07, 6.45) is -3.44. The third kappa shape index (κ3) is 5.37. The maximum absolute atomic E-state index is 12.7. The van der Waals surface area contributed by atoms with E-state index in [1.165, 1.54) is 37.6 Å². The van der Waals surface area contributed by atoms with Crippen LogP contribution >= 0.6 is 11.6 Å². The molecule has 1 atom stereocenters. The van der Waals surface area contributed by atoms with E-state index in [0.717, 1.165) is 6.07 Å². The van der Waals surface area contributed by atoms with Crippen LogP contribution in [0.25, 0.3) is 0 Å². The summed E-state index contributed by atoms with van der Waals surface area (Å²) in [5.74, 6) is 0.0878. The van der Waals surface area contributed by atoms with Crippen molar-refractivity contribution in [2.75, 3.05) is 7.11 Å². The molecule has 0 saturated carbocycles. The van der Waals surface area contributed by atoms with Crippen molar-refractivity contribution in [2.45, 2.75) is 12.3 Å². The monoisotopic (exact) mass is 453 g/mol. The molecule has 0 fully saturated rings. The number of carbonyl (C=O) groups is 1. The first-order chi connectivity index (χ1) is 14.7. The molecule has 0 amide bonds. The summed E-state index contributed by atoms with van der Waals surface area (Å²) in [6, 6.07) is 10.0. The molecule has 10 heteroatoms. The van der Waals surface area contributed by atoms with Gasteiger partial charge in [0.15, 0.2) is 6.10 Å². The quantitative estimate of drug-likeness (QED) is 0.323. The topological polar surface area (TPSA) is 70.8 Å². The Balaban J connectivity index is 1.75. The van der Waals surface area contributed by atoms with Crippen molar-refractivity contribution >= 4 is 17.6 Å². The van der Waals surface area contributed by atoms with E-state index in [1.54, 1.807) is 12.1 Å². The molecular formula is C21H15ClF3NO5. The normalized spacial score (nSPS) is 12.2. The van der Waals surface area contributed by atoms with Gasteiger partial charge in [0.1, 0.15) is 22.3 Å². The molecule has 1 unspecified atom stereocenters.